The molecular weight excluding hydrogens is 356 g/mol. The van der Waals surface area contributed by atoms with Gasteiger partial charge >= 0.3 is 0 Å². The minimum atomic E-state index is -1.06. The fourth-order valence-corrected chi connectivity index (χ4v) is 3.17. The summed E-state index contributed by atoms with van der Waals surface area (Å²) in [4.78, 5) is 8.06. The predicted molar refractivity (Wildman–Crippen MR) is 98.5 cm³/mol. The molecule has 8 heteroatoms. The number of nitrogens with zero attached hydrogens (tertiary/aromatic N) is 2. The lowest BCUT2D eigenvalue weighted by Gasteiger charge is -2.19. The Morgan fingerprint density at radius 2 is 1.88 bits per heavy atom. The summed E-state index contributed by atoms with van der Waals surface area (Å²) in [5, 5.41) is 32.6. The van der Waals surface area contributed by atoms with Crippen molar-refractivity contribution in [2.45, 2.75) is 24.7 Å². The molecule has 1 heterocycles. The summed E-state index contributed by atoms with van der Waals surface area (Å²) in [7, 11) is 0. The third kappa shape index (κ3) is 3.89. The first-order valence-electron chi connectivity index (χ1n) is 8.13. The van der Waals surface area contributed by atoms with Crippen molar-refractivity contribution in [3.63, 3.8) is 0 Å². The molecule has 1 saturated carbocycles. The van der Waals surface area contributed by atoms with Crippen molar-refractivity contribution in [3.8, 4) is 11.8 Å². The number of nitrogens with one attached hydrogen (secondary N) is 1. The number of aliphatic hydroxyl groups is 3. The zero-order valence-electron chi connectivity index (χ0n) is 13.8. The molecule has 1 aliphatic rings. The number of halogens is 1. The lowest BCUT2D eigenvalue weighted by atomic mass is 10.1. The van der Waals surface area contributed by atoms with Crippen LogP contribution in [-0.2, 0) is 0 Å². The zero-order valence-corrected chi connectivity index (χ0v) is 14.6. The SMILES string of the molecule is Nc1nc(Cl)c(C#Cc2ccccc2)c(N[C@@H]2C[C@H](CO)[C@@H](O)[C@H]2O)n1. The molecule has 2 aromatic rings. The first kappa shape index (κ1) is 18.4. The number of nitrogens with two attached hydrogens (primary N) is 1. The molecule has 0 radical (unpaired) electrons. The number of hydrogen-bond acceptors (Lipinski definition) is 7. The van der Waals surface area contributed by atoms with E-state index >= 15 is 0 Å². The van der Waals surface area contributed by atoms with Crippen molar-refractivity contribution in [3.05, 3.63) is 46.6 Å². The van der Waals surface area contributed by atoms with E-state index in [0.29, 0.717) is 12.0 Å². The Hall–Kier alpha value is -2.37. The van der Waals surface area contributed by atoms with E-state index in [1.807, 2.05) is 30.3 Å². The van der Waals surface area contributed by atoms with E-state index < -0.39 is 24.2 Å². The highest BCUT2D eigenvalue weighted by Crippen LogP contribution is 2.30. The van der Waals surface area contributed by atoms with Crippen LogP contribution in [0.15, 0.2) is 30.3 Å². The maximum absolute atomic E-state index is 10.2. The average molecular weight is 375 g/mol. The number of benzene rings is 1. The number of aliphatic hydroxyl groups excluding tert-OH is 3. The number of nitrogen functional groups attached to an aromatic ring is 1. The molecule has 0 saturated heterocycles. The molecule has 1 fully saturated rings. The highest BCUT2D eigenvalue weighted by atomic mass is 35.5. The minimum absolute atomic E-state index is 0.0329. The molecule has 0 unspecified atom stereocenters. The molecule has 136 valence electrons. The third-order valence-electron chi connectivity index (χ3n) is 4.35. The number of aromatic nitrogens is 2. The van der Waals surface area contributed by atoms with Gasteiger partial charge in [0, 0.05) is 18.1 Å². The highest BCUT2D eigenvalue weighted by Gasteiger charge is 2.41. The van der Waals surface area contributed by atoms with Crippen LogP contribution < -0.4 is 11.1 Å². The minimum Gasteiger partial charge on any atom is -0.396 e. The topological polar surface area (TPSA) is 125 Å². The van der Waals surface area contributed by atoms with Gasteiger partial charge in [-0.15, -0.1) is 0 Å². The Bertz CT molecular complexity index is 838. The van der Waals surface area contributed by atoms with Crippen LogP contribution in [0, 0.1) is 17.8 Å². The van der Waals surface area contributed by atoms with Crippen LogP contribution in [0.25, 0.3) is 0 Å². The molecule has 0 aliphatic heterocycles. The second kappa shape index (κ2) is 7.89. The standard InChI is InChI=1S/C18H19ClN4O3/c19-16-12(7-6-10-4-2-1-3-5-10)17(23-18(20)22-16)21-13-8-11(9-24)14(25)15(13)26/h1-5,11,13-15,24-26H,8-9H2,(H3,20,21,22,23)/t11-,13-,14-,15+/m1/s1. The summed E-state index contributed by atoms with van der Waals surface area (Å²) < 4.78 is 0. The number of rotatable bonds is 3. The molecule has 1 aromatic heterocycles. The lowest BCUT2D eigenvalue weighted by molar-refractivity contribution is 0.00445. The quantitative estimate of drug-likeness (QED) is 0.394. The van der Waals surface area contributed by atoms with Gasteiger partial charge in [0.1, 0.15) is 17.5 Å². The first-order chi connectivity index (χ1) is 12.5. The summed E-state index contributed by atoms with van der Waals surface area (Å²) in [6.07, 6.45) is -1.71. The van der Waals surface area contributed by atoms with Crippen molar-refractivity contribution in [2.75, 3.05) is 17.7 Å². The third-order valence-corrected chi connectivity index (χ3v) is 4.62. The first-order valence-corrected chi connectivity index (χ1v) is 8.51. The Morgan fingerprint density at radius 1 is 1.15 bits per heavy atom. The van der Waals surface area contributed by atoms with Crippen molar-refractivity contribution in [1.29, 1.82) is 0 Å². The fraction of sp³-hybridized carbons (Fsp3) is 0.333. The monoisotopic (exact) mass is 374 g/mol. The van der Waals surface area contributed by atoms with E-state index in [0.717, 1.165) is 5.56 Å². The molecule has 6 N–H and O–H groups in total. The summed E-state index contributed by atoms with van der Waals surface area (Å²) >= 11 is 6.18. The van der Waals surface area contributed by atoms with E-state index in [9.17, 15) is 15.3 Å². The Labute approximate surface area is 155 Å². The maximum atomic E-state index is 10.2. The van der Waals surface area contributed by atoms with Crippen molar-refractivity contribution >= 4 is 23.4 Å². The van der Waals surface area contributed by atoms with Crippen LogP contribution in [0.5, 0.6) is 0 Å². The molecule has 1 aliphatic carbocycles. The van der Waals surface area contributed by atoms with Crippen molar-refractivity contribution in [1.82, 2.24) is 9.97 Å². The fourth-order valence-electron chi connectivity index (χ4n) is 2.95. The van der Waals surface area contributed by atoms with Gasteiger partial charge in [0.05, 0.1) is 12.1 Å². The molecule has 1 aromatic carbocycles. The van der Waals surface area contributed by atoms with E-state index in [1.54, 1.807) is 0 Å². The van der Waals surface area contributed by atoms with E-state index in [1.165, 1.54) is 0 Å². The Kier molecular flexibility index (Phi) is 5.59. The van der Waals surface area contributed by atoms with Gasteiger partial charge in [0.2, 0.25) is 5.95 Å². The molecule has 3 rings (SSSR count). The van der Waals surface area contributed by atoms with Crippen molar-refractivity contribution in [2.24, 2.45) is 5.92 Å². The van der Waals surface area contributed by atoms with Gasteiger partial charge in [-0.05, 0) is 18.6 Å². The second-order valence-electron chi connectivity index (χ2n) is 6.12. The predicted octanol–water partition coefficient (Wildman–Crippen LogP) is 0.626. The average Bonchev–Trinajstić information content (AvgIpc) is 2.89. The van der Waals surface area contributed by atoms with Crippen LogP contribution in [0.2, 0.25) is 5.15 Å². The van der Waals surface area contributed by atoms with Gasteiger partial charge in [0.25, 0.3) is 0 Å². The van der Waals surface area contributed by atoms with Crippen LogP contribution >= 0.6 is 11.6 Å². The summed E-state index contributed by atoms with van der Waals surface area (Å²) in [5.74, 6) is 5.74. The summed E-state index contributed by atoms with van der Waals surface area (Å²) in [6, 6.07) is 8.82. The Morgan fingerprint density at radius 3 is 2.54 bits per heavy atom. The van der Waals surface area contributed by atoms with E-state index in [2.05, 4.69) is 27.1 Å². The van der Waals surface area contributed by atoms with Crippen LogP contribution in [0.1, 0.15) is 17.5 Å². The van der Waals surface area contributed by atoms with Crippen LogP contribution in [0.3, 0.4) is 0 Å². The van der Waals surface area contributed by atoms with Crippen LogP contribution in [0.4, 0.5) is 11.8 Å². The summed E-state index contributed by atoms with van der Waals surface area (Å²) in [5.41, 5.74) is 6.82. The number of hydrogen-bond donors (Lipinski definition) is 5. The molecule has 0 amide bonds. The second-order valence-corrected chi connectivity index (χ2v) is 6.48. The van der Waals surface area contributed by atoms with E-state index in [-0.39, 0.29) is 23.5 Å². The molecule has 0 spiro atoms. The smallest absolute Gasteiger partial charge is 0.223 e. The van der Waals surface area contributed by atoms with Crippen molar-refractivity contribution < 1.29 is 15.3 Å². The van der Waals surface area contributed by atoms with E-state index in [4.69, 9.17) is 17.3 Å². The molecular formula is C18H19ClN4O3. The largest absolute Gasteiger partial charge is 0.396 e. The van der Waals surface area contributed by atoms with Gasteiger partial charge in [-0.3, -0.25) is 0 Å². The van der Waals surface area contributed by atoms with Gasteiger partial charge in [-0.1, -0.05) is 41.6 Å². The number of anilines is 2. The van der Waals surface area contributed by atoms with Gasteiger partial charge < -0.3 is 26.4 Å². The molecule has 0 bridgehead atoms. The Balaban J connectivity index is 1.91. The highest BCUT2D eigenvalue weighted by molar-refractivity contribution is 6.31. The molecule has 7 nitrogen and oxygen atoms in total. The summed E-state index contributed by atoms with van der Waals surface area (Å²) in [6.45, 7) is -0.219. The molecule has 4 atom stereocenters. The molecule has 26 heavy (non-hydrogen) atoms. The van der Waals surface area contributed by atoms with Gasteiger partial charge in [-0.25, -0.2) is 0 Å². The maximum Gasteiger partial charge on any atom is 0.223 e. The lowest BCUT2D eigenvalue weighted by Crippen LogP contribution is -2.35. The normalized spacial score (nSPS) is 24.8. The zero-order chi connectivity index (χ0) is 18.7. The van der Waals surface area contributed by atoms with Crippen LogP contribution in [-0.4, -0.2) is 50.1 Å². The van der Waals surface area contributed by atoms with Gasteiger partial charge in [-0.2, -0.15) is 9.97 Å². The van der Waals surface area contributed by atoms with Gasteiger partial charge in [0.15, 0.2) is 5.15 Å².